The number of aliphatic hydroxyl groups excluding tert-OH is 1. The summed E-state index contributed by atoms with van der Waals surface area (Å²) >= 11 is 0. The highest BCUT2D eigenvalue weighted by Crippen LogP contribution is 2.31. The molecule has 2 saturated heterocycles. The third-order valence-electron chi connectivity index (χ3n) is 5.86. The molecule has 162 valence electrons. The van der Waals surface area contributed by atoms with Crippen LogP contribution in [0.2, 0.25) is 0 Å². The molecular weight excluding hydrogens is 364 g/mol. The average molecular weight is 401 g/mol. The van der Waals surface area contributed by atoms with Crippen LogP contribution in [-0.4, -0.2) is 60.8 Å². The molecule has 7 nitrogen and oxygen atoms in total. The van der Waals surface area contributed by atoms with Crippen molar-refractivity contribution in [3.63, 3.8) is 0 Å². The quantitative estimate of drug-likeness (QED) is 0.595. The van der Waals surface area contributed by atoms with Crippen molar-refractivity contribution in [1.82, 2.24) is 0 Å². The van der Waals surface area contributed by atoms with Crippen LogP contribution in [0.15, 0.2) is 0 Å². The molecule has 0 aromatic rings. The van der Waals surface area contributed by atoms with E-state index in [1.165, 1.54) is 7.11 Å². The highest BCUT2D eigenvalue weighted by Gasteiger charge is 2.37. The fourth-order valence-electron chi connectivity index (χ4n) is 4.14. The first-order valence-electron chi connectivity index (χ1n) is 10.5. The summed E-state index contributed by atoms with van der Waals surface area (Å²) in [5.74, 6) is -1.14. The van der Waals surface area contributed by atoms with Crippen LogP contribution in [0, 0.1) is 11.8 Å². The van der Waals surface area contributed by atoms with Crippen molar-refractivity contribution in [2.45, 2.75) is 103 Å². The monoisotopic (exact) mass is 400 g/mol. The molecule has 0 saturated carbocycles. The average Bonchev–Trinajstić information content (AvgIpc) is 3.28. The van der Waals surface area contributed by atoms with Crippen LogP contribution in [0.5, 0.6) is 0 Å². The Bertz CT molecular complexity index is 521. The van der Waals surface area contributed by atoms with Gasteiger partial charge in [0.05, 0.1) is 49.5 Å². The Morgan fingerprint density at radius 1 is 0.893 bits per heavy atom. The fraction of sp³-hybridized carbons (Fsp3) is 0.905. The van der Waals surface area contributed by atoms with Gasteiger partial charge in [0.25, 0.3) is 0 Å². The highest BCUT2D eigenvalue weighted by molar-refractivity contribution is 5.73. The predicted octanol–water partition coefficient (Wildman–Crippen LogP) is 2.62. The summed E-state index contributed by atoms with van der Waals surface area (Å²) in [7, 11) is 1.38. The number of ether oxygens (including phenoxy) is 4. The molecule has 2 heterocycles. The van der Waals surface area contributed by atoms with Gasteiger partial charge in [-0.05, 0) is 59.8 Å². The van der Waals surface area contributed by atoms with Crippen LogP contribution >= 0.6 is 0 Å². The zero-order chi connectivity index (χ0) is 20.8. The van der Waals surface area contributed by atoms with Crippen LogP contribution in [0.3, 0.4) is 0 Å². The maximum Gasteiger partial charge on any atom is 0.311 e. The molecule has 2 fully saturated rings. The Labute approximate surface area is 168 Å². The van der Waals surface area contributed by atoms with Crippen LogP contribution in [0.25, 0.3) is 0 Å². The van der Waals surface area contributed by atoms with Gasteiger partial charge in [0, 0.05) is 6.42 Å². The molecule has 0 spiro atoms. The Hall–Kier alpha value is -1.18. The van der Waals surface area contributed by atoms with Crippen molar-refractivity contribution in [3.05, 3.63) is 0 Å². The topological polar surface area (TPSA) is 91.3 Å². The second-order valence-electron chi connectivity index (χ2n) is 8.42. The van der Waals surface area contributed by atoms with Crippen molar-refractivity contribution in [1.29, 1.82) is 0 Å². The molecule has 0 amide bonds. The Kier molecular flexibility index (Phi) is 8.71. The van der Waals surface area contributed by atoms with E-state index in [1.54, 1.807) is 6.92 Å². The molecule has 28 heavy (non-hydrogen) atoms. The minimum atomic E-state index is -0.400. The van der Waals surface area contributed by atoms with Gasteiger partial charge >= 0.3 is 11.9 Å². The van der Waals surface area contributed by atoms with E-state index in [0.29, 0.717) is 12.8 Å². The SMILES string of the molecule is COC(=O)C(C)C1CCC(CC(C)OC(=O)C(C)C2CCC(CC(C)O)O2)O1. The molecule has 2 aliphatic rings. The first-order valence-corrected chi connectivity index (χ1v) is 10.5. The number of methoxy groups -OCH3 is 1. The van der Waals surface area contributed by atoms with Gasteiger partial charge in [0.15, 0.2) is 0 Å². The van der Waals surface area contributed by atoms with Crippen molar-refractivity contribution in [2.24, 2.45) is 11.8 Å². The second kappa shape index (κ2) is 10.6. The smallest absolute Gasteiger partial charge is 0.311 e. The highest BCUT2D eigenvalue weighted by atomic mass is 16.6. The Morgan fingerprint density at radius 2 is 1.39 bits per heavy atom. The molecule has 7 heteroatoms. The van der Waals surface area contributed by atoms with Gasteiger partial charge in [0.1, 0.15) is 6.10 Å². The fourth-order valence-corrected chi connectivity index (χ4v) is 4.14. The molecule has 1 N–H and O–H groups in total. The summed E-state index contributed by atoms with van der Waals surface area (Å²) in [6, 6.07) is 0. The lowest BCUT2D eigenvalue weighted by Gasteiger charge is -2.23. The van der Waals surface area contributed by atoms with E-state index < -0.39 is 6.10 Å². The van der Waals surface area contributed by atoms with E-state index in [2.05, 4.69) is 0 Å². The van der Waals surface area contributed by atoms with E-state index in [-0.39, 0.29) is 54.3 Å². The molecule has 0 aromatic heterocycles. The first kappa shape index (κ1) is 23.1. The van der Waals surface area contributed by atoms with Gasteiger partial charge in [-0.1, -0.05) is 0 Å². The third-order valence-corrected chi connectivity index (χ3v) is 5.86. The number of carbonyl (C=O) groups is 2. The van der Waals surface area contributed by atoms with Crippen molar-refractivity contribution < 1.29 is 33.6 Å². The largest absolute Gasteiger partial charge is 0.469 e. The van der Waals surface area contributed by atoms with Gasteiger partial charge < -0.3 is 24.1 Å². The van der Waals surface area contributed by atoms with Gasteiger partial charge in [-0.3, -0.25) is 9.59 Å². The van der Waals surface area contributed by atoms with Crippen LogP contribution < -0.4 is 0 Å². The number of aliphatic hydroxyl groups is 1. The maximum atomic E-state index is 12.5. The molecule has 8 unspecified atom stereocenters. The zero-order valence-electron chi connectivity index (χ0n) is 17.8. The summed E-state index contributed by atoms with van der Waals surface area (Å²) in [6.07, 6.45) is 3.55. The summed E-state index contributed by atoms with van der Waals surface area (Å²) in [4.78, 5) is 24.1. The molecule has 0 aromatic carbocycles. The van der Waals surface area contributed by atoms with Crippen molar-refractivity contribution in [3.8, 4) is 0 Å². The van der Waals surface area contributed by atoms with Crippen molar-refractivity contribution in [2.75, 3.05) is 7.11 Å². The molecule has 0 bridgehead atoms. The lowest BCUT2D eigenvalue weighted by Crippen LogP contribution is -2.32. The number of rotatable bonds is 9. The van der Waals surface area contributed by atoms with E-state index >= 15 is 0 Å². The summed E-state index contributed by atoms with van der Waals surface area (Å²) < 4.78 is 22.3. The second-order valence-corrected chi connectivity index (χ2v) is 8.42. The zero-order valence-corrected chi connectivity index (χ0v) is 17.8. The van der Waals surface area contributed by atoms with Crippen LogP contribution in [-0.2, 0) is 28.5 Å². The van der Waals surface area contributed by atoms with Crippen LogP contribution in [0.4, 0.5) is 0 Å². The summed E-state index contributed by atoms with van der Waals surface area (Å²) in [5, 5.41) is 9.49. The lowest BCUT2D eigenvalue weighted by atomic mass is 10.0. The van der Waals surface area contributed by atoms with E-state index in [9.17, 15) is 14.7 Å². The van der Waals surface area contributed by atoms with E-state index in [0.717, 1.165) is 25.7 Å². The molecule has 2 rings (SSSR count). The van der Waals surface area contributed by atoms with Gasteiger partial charge in [-0.2, -0.15) is 0 Å². The minimum Gasteiger partial charge on any atom is -0.469 e. The van der Waals surface area contributed by atoms with Crippen molar-refractivity contribution >= 4 is 11.9 Å². The summed E-state index contributed by atoms with van der Waals surface area (Å²) in [5.41, 5.74) is 0. The number of esters is 2. The molecular formula is C21H36O7. The summed E-state index contributed by atoms with van der Waals surface area (Å²) in [6.45, 7) is 7.27. The minimum absolute atomic E-state index is 0.0123. The van der Waals surface area contributed by atoms with Gasteiger partial charge in [-0.25, -0.2) is 0 Å². The van der Waals surface area contributed by atoms with Crippen LogP contribution in [0.1, 0.15) is 66.2 Å². The Balaban J connectivity index is 1.73. The Morgan fingerprint density at radius 3 is 1.89 bits per heavy atom. The normalized spacial score (nSPS) is 31.8. The molecule has 0 aliphatic carbocycles. The number of hydrogen-bond acceptors (Lipinski definition) is 7. The lowest BCUT2D eigenvalue weighted by molar-refractivity contribution is -0.159. The van der Waals surface area contributed by atoms with Gasteiger partial charge in [0.2, 0.25) is 0 Å². The molecule has 8 atom stereocenters. The first-order chi connectivity index (χ1) is 13.2. The standard InChI is InChI=1S/C21H36O7/c1-12(22)10-16-6-8-19(27-16)15(4)21(24)26-13(2)11-17-7-9-18(28-17)14(3)20(23)25-5/h12-19,22H,6-11H2,1-5H3. The predicted molar refractivity (Wildman–Crippen MR) is 103 cm³/mol. The molecule has 2 aliphatic heterocycles. The van der Waals surface area contributed by atoms with E-state index in [4.69, 9.17) is 18.9 Å². The molecule has 0 radical (unpaired) electrons. The van der Waals surface area contributed by atoms with E-state index in [1.807, 2.05) is 20.8 Å². The van der Waals surface area contributed by atoms with Gasteiger partial charge in [-0.15, -0.1) is 0 Å². The third kappa shape index (κ3) is 6.42. The number of carbonyl (C=O) groups excluding carboxylic acids is 2. The number of hydrogen-bond donors (Lipinski definition) is 1. The maximum absolute atomic E-state index is 12.5.